The Morgan fingerprint density at radius 2 is 1.63 bits per heavy atom. The van der Waals surface area contributed by atoms with Crippen LogP contribution in [0.4, 0.5) is 0 Å². The first kappa shape index (κ1) is 20.9. The Bertz CT molecular complexity index is 253. The Balaban J connectivity index is 0. The number of rotatable bonds is 10. The quantitative estimate of drug-likeness (QED) is 0.206. The van der Waals surface area contributed by atoms with Crippen LogP contribution < -0.4 is 5.32 Å². The second-order valence-corrected chi connectivity index (χ2v) is 5.66. The van der Waals surface area contributed by atoms with E-state index in [1.165, 1.54) is 32.2 Å². The lowest BCUT2D eigenvalue weighted by molar-refractivity contribution is -0.870. The lowest BCUT2D eigenvalue weighted by Gasteiger charge is -2.23. The molecule has 0 aliphatic heterocycles. The van der Waals surface area contributed by atoms with Gasteiger partial charge >= 0.3 is 0 Å². The van der Waals surface area contributed by atoms with Crippen molar-refractivity contribution in [2.75, 3.05) is 34.2 Å². The summed E-state index contributed by atoms with van der Waals surface area (Å²) in [6.45, 7) is 1.86. The second-order valence-electron chi connectivity index (χ2n) is 5.66. The third-order valence-corrected chi connectivity index (χ3v) is 2.72. The summed E-state index contributed by atoms with van der Waals surface area (Å²) in [6.07, 6.45) is 7.89. The van der Waals surface area contributed by atoms with Crippen LogP contribution in [0.2, 0.25) is 0 Å². The van der Waals surface area contributed by atoms with Crippen LogP contribution in [0, 0.1) is 5.21 Å². The summed E-state index contributed by atoms with van der Waals surface area (Å²) < 4.78 is 1.04. The molecular formula is C13H28IN3O2. The number of hydrogen-bond donors (Lipinski definition) is 1. The van der Waals surface area contributed by atoms with E-state index in [-0.39, 0.29) is 24.0 Å². The van der Waals surface area contributed by atoms with Crippen LogP contribution >= 0.6 is 24.0 Å². The van der Waals surface area contributed by atoms with Gasteiger partial charge in [-0.2, -0.15) is 0 Å². The number of amides is 1. The molecule has 0 aromatic carbocycles. The fourth-order valence-electron chi connectivity index (χ4n) is 1.72. The highest BCUT2D eigenvalue weighted by Gasteiger charge is 2.04. The van der Waals surface area contributed by atoms with Gasteiger partial charge in [0.2, 0.25) is 0 Å². The fourth-order valence-corrected chi connectivity index (χ4v) is 1.72. The van der Waals surface area contributed by atoms with E-state index in [2.05, 4.69) is 31.6 Å². The number of quaternary nitrogens is 1. The molecule has 0 radical (unpaired) electrons. The standard InChI is InChI=1S/C13H27N3O2.HI/c1-16(2,3)11-9-7-5-4-6-8-10-14-13(17)12-15-18;/h12H,4-11H2,1-3H3,(H-,14,17,18);1H. The zero-order valence-electron chi connectivity index (χ0n) is 12.4. The third-order valence-electron chi connectivity index (χ3n) is 2.72. The molecule has 5 nitrogen and oxygen atoms in total. The van der Waals surface area contributed by atoms with Crippen LogP contribution in [0.5, 0.6) is 0 Å². The van der Waals surface area contributed by atoms with Crippen LogP contribution in [0.15, 0.2) is 5.16 Å². The van der Waals surface area contributed by atoms with Crippen LogP contribution in [0.1, 0.15) is 38.5 Å². The smallest absolute Gasteiger partial charge is 0.261 e. The van der Waals surface area contributed by atoms with Gasteiger partial charge in [0.05, 0.1) is 33.9 Å². The van der Waals surface area contributed by atoms with Gasteiger partial charge in [-0.25, -0.2) is 0 Å². The topological polar surface area (TPSA) is 64.5 Å². The van der Waals surface area contributed by atoms with Crippen molar-refractivity contribution < 1.29 is 9.28 Å². The van der Waals surface area contributed by atoms with E-state index in [1.54, 1.807) is 0 Å². The minimum absolute atomic E-state index is 0. The van der Waals surface area contributed by atoms with Crippen LogP contribution in [-0.4, -0.2) is 50.8 Å². The second kappa shape index (κ2) is 12.7. The molecule has 1 N–H and O–H groups in total. The Labute approximate surface area is 134 Å². The summed E-state index contributed by atoms with van der Waals surface area (Å²) in [6, 6.07) is 0. The predicted molar refractivity (Wildman–Crippen MR) is 90.9 cm³/mol. The minimum Gasteiger partial charge on any atom is -0.792 e. The van der Waals surface area contributed by atoms with Crippen molar-refractivity contribution in [3.05, 3.63) is 5.21 Å². The van der Waals surface area contributed by atoms with E-state index >= 15 is 0 Å². The molecule has 1 amide bonds. The minimum atomic E-state index is -0.395. The summed E-state index contributed by atoms with van der Waals surface area (Å²) >= 11 is 0. The number of nitrogens with zero attached hydrogens (tertiary/aromatic N) is 2. The molecule has 0 atom stereocenters. The van der Waals surface area contributed by atoms with Gasteiger partial charge in [0.15, 0.2) is 0 Å². The zero-order valence-corrected chi connectivity index (χ0v) is 14.7. The highest BCUT2D eigenvalue weighted by atomic mass is 127. The average Bonchev–Trinajstić information content (AvgIpc) is 2.25. The van der Waals surface area contributed by atoms with Gasteiger partial charge in [-0.15, -0.1) is 24.0 Å². The molecule has 0 saturated carbocycles. The molecule has 19 heavy (non-hydrogen) atoms. The molecule has 0 aliphatic carbocycles. The maximum absolute atomic E-state index is 10.8. The van der Waals surface area contributed by atoms with E-state index in [9.17, 15) is 10.0 Å². The number of carbonyl (C=O) groups excluding carboxylic acids is 1. The molecule has 0 aromatic rings. The van der Waals surface area contributed by atoms with Crippen molar-refractivity contribution >= 4 is 36.1 Å². The van der Waals surface area contributed by atoms with Crippen LogP contribution in [-0.2, 0) is 4.79 Å². The molecule has 0 aromatic heterocycles. The van der Waals surface area contributed by atoms with Gasteiger partial charge in [0.25, 0.3) is 5.91 Å². The fraction of sp³-hybridized carbons (Fsp3) is 0.846. The van der Waals surface area contributed by atoms with Gasteiger partial charge in [0.1, 0.15) is 0 Å². The van der Waals surface area contributed by atoms with Gasteiger partial charge in [-0.05, 0) is 19.3 Å². The van der Waals surface area contributed by atoms with Crippen molar-refractivity contribution in [3.63, 3.8) is 0 Å². The molecule has 0 aliphatic rings. The van der Waals surface area contributed by atoms with Gasteiger partial charge in [0, 0.05) is 6.54 Å². The maximum Gasteiger partial charge on any atom is 0.261 e. The summed E-state index contributed by atoms with van der Waals surface area (Å²) in [4.78, 5) is 10.8. The van der Waals surface area contributed by atoms with Gasteiger partial charge in [-0.1, -0.05) is 19.3 Å². The molecule has 0 saturated heterocycles. The summed E-state index contributed by atoms with van der Waals surface area (Å²) in [5.74, 6) is -0.395. The van der Waals surface area contributed by atoms with E-state index in [4.69, 9.17) is 0 Å². The van der Waals surface area contributed by atoms with Crippen molar-refractivity contribution in [2.45, 2.75) is 38.5 Å². The highest BCUT2D eigenvalue weighted by molar-refractivity contribution is 14.0. The molecule has 0 spiro atoms. The number of unbranched alkanes of at least 4 members (excludes halogenated alkanes) is 5. The number of carbonyl (C=O) groups is 1. The Kier molecular flexibility index (Phi) is 13.9. The molecule has 0 fully saturated rings. The van der Waals surface area contributed by atoms with Crippen LogP contribution in [0.25, 0.3) is 0 Å². The largest absolute Gasteiger partial charge is 0.792 e. The summed E-state index contributed by atoms with van der Waals surface area (Å²) in [5, 5.41) is 14.8. The Hall–Kier alpha value is -0.370. The summed E-state index contributed by atoms with van der Waals surface area (Å²) in [7, 11) is 6.65. The highest BCUT2D eigenvalue weighted by Crippen LogP contribution is 2.06. The first-order valence-corrected chi connectivity index (χ1v) is 6.69. The van der Waals surface area contributed by atoms with E-state index in [0.717, 1.165) is 23.5 Å². The number of nitrogens with one attached hydrogen (secondary N) is 1. The normalized spacial score (nSPS) is 11.3. The first-order chi connectivity index (χ1) is 8.45. The van der Waals surface area contributed by atoms with Crippen molar-refractivity contribution in [1.82, 2.24) is 5.32 Å². The van der Waals surface area contributed by atoms with Crippen molar-refractivity contribution in [3.8, 4) is 0 Å². The molecule has 0 unspecified atom stereocenters. The first-order valence-electron chi connectivity index (χ1n) is 6.69. The van der Waals surface area contributed by atoms with Crippen molar-refractivity contribution in [2.24, 2.45) is 5.16 Å². The molecule has 0 heterocycles. The van der Waals surface area contributed by atoms with E-state index < -0.39 is 5.91 Å². The zero-order chi connectivity index (χ0) is 13.9. The monoisotopic (exact) mass is 385 g/mol. The van der Waals surface area contributed by atoms with Gasteiger partial charge < -0.3 is 20.2 Å². The van der Waals surface area contributed by atoms with Crippen LogP contribution in [0.3, 0.4) is 0 Å². The Morgan fingerprint density at radius 3 is 2.16 bits per heavy atom. The third kappa shape index (κ3) is 17.6. The van der Waals surface area contributed by atoms with E-state index in [1.807, 2.05) is 0 Å². The summed E-state index contributed by atoms with van der Waals surface area (Å²) in [5.41, 5.74) is 0. The maximum atomic E-state index is 10.8. The SMILES string of the molecule is C[N+](C)(C)CCCCCCCCNC(=O)/C=N/[O-].I. The average molecular weight is 385 g/mol. The predicted octanol–water partition coefficient (Wildman–Crippen LogP) is 2.34. The molecular weight excluding hydrogens is 357 g/mol. The molecule has 6 heteroatoms. The lowest BCUT2D eigenvalue weighted by Crippen LogP contribution is -2.35. The lowest BCUT2D eigenvalue weighted by atomic mass is 10.1. The number of halogens is 1. The van der Waals surface area contributed by atoms with E-state index in [0.29, 0.717) is 6.54 Å². The molecule has 0 rings (SSSR count). The number of hydrogen-bond acceptors (Lipinski definition) is 3. The van der Waals surface area contributed by atoms with Gasteiger partial charge in [-0.3, -0.25) is 4.79 Å². The molecule has 0 bridgehead atoms. The molecule has 114 valence electrons. The van der Waals surface area contributed by atoms with Crippen molar-refractivity contribution in [1.29, 1.82) is 0 Å². The Morgan fingerprint density at radius 1 is 1.11 bits per heavy atom.